The molecule has 1 atom stereocenters. The highest BCUT2D eigenvalue weighted by Gasteiger charge is 2.22. The maximum absolute atomic E-state index is 4.49. The Hall–Kier alpha value is -1.56. The Morgan fingerprint density at radius 3 is 2.41 bits per heavy atom. The summed E-state index contributed by atoms with van der Waals surface area (Å²) in [4.78, 5) is 11.6. The Balaban J connectivity index is 1.87. The molecule has 27 heavy (non-hydrogen) atoms. The van der Waals surface area contributed by atoms with E-state index >= 15 is 0 Å². The summed E-state index contributed by atoms with van der Waals surface area (Å²) in [6.45, 7) is 14.2. The van der Waals surface area contributed by atoms with Crippen molar-refractivity contribution in [3.8, 4) is 0 Å². The summed E-state index contributed by atoms with van der Waals surface area (Å²) in [6, 6.07) is 0.546. The molecule has 1 fully saturated rings. The number of aromatic nitrogens is 2. The molecule has 0 bridgehead atoms. The van der Waals surface area contributed by atoms with Gasteiger partial charge in [0.1, 0.15) is 5.82 Å². The number of hydrogen-bond acceptors (Lipinski definition) is 3. The van der Waals surface area contributed by atoms with E-state index in [0.29, 0.717) is 24.4 Å². The number of aliphatic imine (C=N–C) groups is 1. The van der Waals surface area contributed by atoms with Crippen molar-refractivity contribution in [1.29, 1.82) is 0 Å². The summed E-state index contributed by atoms with van der Waals surface area (Å²) in [5.74, 6) is 3.14. The summed E-state index contributed by atoms with van der Waals surface area (Å²) in [6.07, 6.45) is 9.34. The fourth-order valence-electron chi connectivity index (χ4n) is 3.86. The van der Waals surface area contributed by atoms with E-state index in [0.717, 1.165) is 24.9 Å². The van der Waals surface area contributed by atoms with Gasteiger partial charge in [0.05, 0.1) is 6.54 Å². The quantitative estimate of drug-likeness (QED) is 0.541. The second kappa shape index (κ2) is 11.3. The third kappa shape index (κ3) is 7.17. The fraction of sp³-hybridized carbons (Fsp3) is 0.810. The van der Waals surface area contributed by atoms with Crippen LogP contribution in [0.4, 0.5) is 0 Å². The maximum Gasteiger partial charge on any atom is 0.191 e. The van der Waals surface area contributed by atoms with Gasteiger partial charge in [-0.1, -0.05) is 40.5 Å². The van der Waals surface area contributed by atoms with Crippen LogP contribution in [-0.4, -0.2) is 53.1 Å². The van der Waals surface area contributed by atoms with Gasteiger partial charge in [0, 0.05) is 38.6 Å². The van der Waals surface area contributed by atoms with E-state index in [4.69, 9.17) is 0 Å². The molecule has 2 N–H and O–H groups in total. The minimum Gasteiger partial charge on any atom is -0.355 e. The predicted molar refractivity (Wildman–Crippen MR) is 114 cm³/mol. The van der Waals surface area contributed by atoms with Crippen LogP contribution >= 0.6 is 0 Å². The van der Waals surface area contributed by atoms with Crippen molar-refractivity contribution in [2.75, 3.05) is 26.7 Å². The number of nitrogens with zero attached hydrogens (tertiary/aromatic N) is 4. The number of guanidine groups is 1. The second-order valence-corrected chi connectivity index (χ2v) is 8.46. The average molecular weight is 377 g/mol. The molecule has 1 saturated heterocycles. The van der Waals surface area contributed by atoms with Crippen LogP contribution in [0.3, 0.4) is 0 Å². The smallest absolute Gasteiger partial charge is 0.191 e. The lowest BCUT2D eigenvalue weighted by molar-refractivity contribution is 0.161. The van der Waals surface area contributed by atoms with E-state index in [1.165, 1.54) is 38.8 Å². The Morgan fingerprint density at radius 1 is 1.11 bits per heavy atom. The zero-order valence-corrected chi connectivity index (χ0v) is 18.0. The van der Waals surface area contributed by atoms with Gasteiger partial charge in [-0.25, -0.2) is 4.98 Å². The van der Waals surface area contributed by atoms with Gasteiger partial charge in [0.25, 0.3) is 0 Å². The minimum atomic E-state index is 0.546. The van der Waals surface area contributed by atoms with Crippen molar-refractivity contribution in [1.82, 2.24) is 25.1 Å². The molecule has 0 spiro atoms. The molecule has 2 rings (SSSR count). The lowest BCUT2D eigenvalue weighted by Crippen LogP contribution is -2.49. The number of likely N-dealkylation sites (tertiary alicyclic amines) is 1. The van der Waals surface area contributed by atoms with Crippen LogP contribution < -0.4 is 10.6 Å². The molecule has 1 aliphatic heterocycles. The first-order chi connectivity index (χ1) is 13.0. The van der Waals surface area contributed by atoms with Crippen LogP contribution in [0.1, 0.15) is 59.2 Å². The topological polar surface area (TPSA) is 57.5 Å². The molecule has 0 aliphatic carbocycles. The number of nitrogens with one attached hydrogen (secondary N) is 2. The predicted octanol–water partition coefficient (Wildman–Crippen LogP) is 3.10. The standard InChI is InChI=1S/C21H40N6/c1-17(2)16-27-13-10-23-20(27)15-25-21(22-5)24-14-19(18(3)4)26-11-8-6-7-9-12-26/h10,13,17-19H,6-9,11-12,14-16H2,1-5H3,(H2,22,24,25). The van der Waals surface area contributed by atoms with Crippen molar-refractivity contribution in [2.45, 2.75) is 72.5 Å². The zero-order valence-electron chi connectivity index (χ0n) is 18.0. The molecule has 0 radical (unpaired) electrons. The van der Waals surface area contributed by atoms with E-state index < -0.39 is 0 Å². The minimum absolute atomic E-state index is 0.546. The van der Waals surface area contributed by atoms with E-state index in [1.54, 1.807) is 0 Å². The lowest BCUT2D eigenvalue weighted by Gasteiger charge is -2.34. The molecular formula is C21H40N6. The highest BCUT2D eigenvalue weighted by molar-refractivity contribution is 5.79. The van der Waals surface area contributed by atoms with Crippen LogP contribution in [0.15, 0.2) is 17.4 Å². The molecular weight excluding hydrogens is 336 g/mol. The van der Waals surface area contributed by atoms with E-state index in [9.17, 15) is 0 Å². The molecule has 2 heterocycles. The van der Waals surface area contributed by atoms with Crippen LogP contribution in [0.5, 0.6) is 0 Å². The van der Waals surface area contributed by atoms with E-state index in [2.05, 4.69) is 64.0 Å². The van der Waals surface area contributed by atoms with Crippen molar-refractivity contribution in [3.05, 3.63) is 18.2 Å². The van der Waals surface area contributed by atoms with Gasteiger partial charge < -0.3 is 15.2 Å². The average Bonchev–Trinajstić information content (AvgIpc) is 2.89. The third-order valence-corrected chi connectivity index (χ3v) is 5.36. The molecule has 1 aliphatic rings. The van der Waals surface area contributed by atoms with E-state index in [1.807, 2.05) is 13.2 Å². The highest BCUT2D eigenvalue weighted by atomic mass is 15.2. The number of imidazole rings is 1. The lowest BCUT2D eigenvalue weighted by atomic mass is 10.0. The Morgan fingerprint density at radius 2 is 1.81 bits per heavy atom. The van der Waals surface area contributed by atoms with Crippen LogP contribution in [0, 0.1) is 11.8 Å². The molecule has 6 nitrogen and oxygen atoms in total. The molecule has 1 unspecified atom stereocenters. The number of hydrogen-bond donors (Lipinski definition) is 2. The monoisotopic (exact) mass is 376 g/mol. The summed E-state index contributed by atoms with van der Waals surface area (Å²) in [7, 11) is 1.84. The fourth-order valence-corrected chi connectivity index (χ4v) is 3.86. The highest BCUT2D eigenvalue weighted by Crippen LogP contribution is 2.17. The van der Waals surface area contributed by atoms with Crippen molar-refractivity contribution >= 4 is 5.96 Å². The van der Waals surface area contributed by atoms with Gasteiger partial charge in [-0.2, -0.15) is 0 Å². The zero-order chi connectivity index (χ0) is 19.6. The van der Waals surface area contributed by atoms with Gasteiger partial charge >= 0.3 is 0 Å². The van der Waals surface area contributed by atoms with Gasteiger partial charge in [0.15, 0.2) is 5.96 Å². The van der Waals surface area contributed by atoms with Gasteiger partial charge in [-0.3, -0.25) is 9.89 Å². The first-order valence-electron chi connectivity index (χ1n) is 10.7. The molecule has 1 aromatic heterocycles. The Kier molecular flexibility index (Phi) is 9.11. The SMILES string of the molecule is CN=C(NCc1nccn1CC(C)C)NCC(C(C)C)N1CCCCCC1. The van der Waals surface area contributed by atoms with Crippen molar-refractivity contribution < 1.29 is 0 Å². The molecule has 1 aromatic rings. The summed E-state index contributed by atoms with van der Waals surface area (Å²) in [5, 5.41) is 6.98. The molecule has 0 amide bonds. The normalized spacial score (nSPS) is 18.0. The first kappa shape index (κ1) is 21.7. The van der Waals surface area contributed by atoms with Crippen molar-refractivity contribution in [3.63, 3.8) is 0 Å². The first-order valence-corrected chi connectivity index (χ1v) is 10.7. The Bertz CT molecular complexity index is 555. The molecule has 6 heteroatoms. The molecule has 0 aromatic carbocycles. The van der Waals surface area contributed by atoms with Gasteiger partial charge in [-0.05, 0) is 37.8 Å². The summed E-state index contributed by atoms with van der Waals surface area (Å²) in [5.41, 5.74) is 0. The van der Waals surface area contributed by atoms with Crippen molar-refractivity contribution in [2.24, 2.45) is 16.8 Å². The van der Waals surface area contributed by atoms with E-state index in [-0.39, 0.29) is 0 Å². The summed E-state index contributed by atoms with van der Waals surface area (Å²) < 4.78 is 2.22. The molecule has 0 saturated carbocycles. The van der Waals surface area contributed by atoms with Gasteiger partial charge in [0.2, 0.25) is 0 Å². The number of rotatable bonds is 8. The Labute approximate surface area is 165 Å². The summed E-state index contributed by atoms with van der Waals surface area (Å²) >= 11 is 0. The second-order valence-electron chi connectivity index (χ2n) is 8.46. The van der Waals surface area contributed by atoms with Gasteiger partial charge in [-0.15, -0.1) is 0 Å². The largest absolute Gasteiger partial charge is 0.355 e. The molecule has 154 valence electrons. The van der Waals surface area contributed by atoms with Crippen LogP contribution in [0.2, 0.25) is 0 Å². The van der Waals surface area contributed by atoms with Crippen LogP contribution in [0.25, 0.3) is 0 Å². The third-order valence-electron chi connectivity index (χ3n) is 5.36. The maximum atomic E-state index is 4.49. The van der Waals surface area contributed by atoms with Crippen LogP contribution in [-0.2, 0) is 13.1 Å².